The molecule has 0 aromatic rings. The standard InChI is InChI=1S/C86H131NO8/c1-6-8-10-12-14-16-18-20-22-24-26-28-30-32-34-36-37-38-39-40-41-42-43-44-45-46-47-49-51-53-55-57-59-61-63-65-67-69-71-73-75-77-84(89)95-82(81-94-86(85(90)91)92-79-78-87(3,4)5)80-93-83(88)76-74-72-70-68-66-64-62-60-58-56-54-52-50-48-35-33-31-29-27-25-23-21-19-17-15-13-11-9-7-2/h8-11,14-17,20-23,26-29,32-35,37-38,40-41,43-44,46-47,50-53,56-59,63,65,82,86H,6-7,12-13,18-19,24-25,30-31,36,39,42,45,48-49,54-55,60-62,64,66-81H2,1-5H3/b10-8-,11-9-,16-14-,17-15-,22-20-,23-21-,28-26-,29-27-,34-32-,35-33-,38-37-,41-40-,44-43-,47-46-,52-50-,53-51-,58-56-,59-57-,65-63-. The monoisotopic (exact) mass is 1310 g/mol. The molecule has 9 heteroatoms. The molecule has 0 fully saturated rings. The number of ether oxygens (including phenoxy) is 4. The van der Waals surface area contributed by atoms with E-state index in [-0.39, 0.29) is 38.6 Å². The van der Waals surface area contributed by atoms with Gasteiger partial charge in [0.15, 0.2) is 12.4 Å². The van der Waals surface area contributed by atoms with Crippen LogP contribution in [-0.4, -0.2) is 82.3 Å². The van der Waals surface area contributed by atoms with E-state index in [0.29, 0.717) is 23.9 Å². The number of likely N-dealkylation sites (N-methyl/N-ethyl adjacent to an activating group) is 1. The average Bonchev–Trinajstić information content (AvgIpc) is 3.54. The van der Waals surface area contributed by atoms with Crippen molar-refractivity contribution in [1.82, 2.24) is 0 Å². The molecule has 0 spiro atoms. The maximum atomic E-state index is 12.9. The number of quaternary nitrogens is 1. The van der Waals surface area contributed by atoms with Crippen molar-refractivity contribution in [3.63, 3.8) is 0 Å². The van der Waals surface area contributed by atoms with Crippen molar-refractivity contribution in [2.24, 2.45) is 0 Å². The molecular formula is C86H131NO8. The fraction of sp³-hybridized carbons (Fsp3) is 0.523. The number of unbranched alkanes of at least 4 members (excludes halogenated alkanes) is 11. The lowest BCUT2D eigenvalue weighted by Crippen LogP contribution is -2.44. The van der Waals surface area contributed by atoms with Crippen LogP contribution in [0, 0.1) is 0 Å². The molecule has 0 aromatic heterocycles. The number of aliphatic carboxylic acids is 1. The van der Waals surface area contributed by atoms with E-state index in [1.165, 1.54) is 19.3 Å². The highest BCUT2D eigenvalue weighted by Gasteiger charge is 2.22. The van der Waals surface area contributed by atoms with Crippen molar-refractivity contribution >= 4 is 17.9 Å². The van der Waals surface area contributed by atoms with Gasteiger partial charge in [-0.2, -0.15) is 0 Å². The third kappa shape index (κ3) is 74.6. The molecule has 528 valence electrons. The molecule has 0 rings (SSSR count). The number of hydrogen-bond donors (Lipinski definition) is 0. The molecule has 0 saturated carbocycles. The van der Waals surface area contributed by atoms with Gasteiger partial charge >= 0.3 is 11.9 Å². The molecule has 95 heavy (non-hydrogen) atoms. The zero-order valence-electron chi connectivity index (χ0n) is 60.2. The molecule has 0 aliphatic rings. The molecule has 0 N–H and O–H groups in total. The fourth-order valence-electron chi connectivity index (χ4n) is 8.91. The van der Waals surface area contributed by atoms with Crippen LogP contribution in [0.15, 0.2) is 231 Å². The molecule has 9 nitrogen and oxygen atoms in total. The van der Waals surface area contributed by atoms with Crippen LogP contribution in [-0.2, 0) is 33.3 Å². The number of esters is 2. The molecule has 0 aliphatic heterocycles. The summed E-state index contributed by atoms with van der Waals surface area (Å²) >= 11 is 0. The Hall–Kier alpha value is -6.65. The Balaban J connectivity index is 4.28. The lowest BCUT2D eigenvalue weighted by atomic mass is 10.1. The van der Waals surface area contributed by atoms with Gasteiger partial charge in [-0.3, -0.25) is 9.59 Å². The number of allylic oxidation sites excluding steroid dienone is 38. The van der Waals surface area contributed by atoms with Crippen LogP contribution in [0.4, 0.5) is 0 Å². The molecule has 0 saturated heterocycles. The second-order valence-corrected chi connectivity index (χ2v) is 24.4. The summed E-state index contributed by atoms with van der Waals surface area (Å²) in [6.07, 6.45) is 114. The number of rotatable bonds is 64. The molecule has 0 aliphatic carbocycles. The van der Waals surface area contributed by atoms with Gasteiger partial charge in [-0.1, -0.05) is 290 Å². The summed E-state index contributed by atoms with van der Waals surface area (Å²) in [6, 6.07) is 0. The van der Waals surface area contributed by atoms with E-state index >= 15 is 0 Å². The highest BCUT2D eigenvalue weighted by atomic mass is 16.7. The Bertz CT molecular complexity index is 2420. The van der Waals surface area contributed by atoms with Crippen LogP contribution in [0.2, 0.25) is 0 Å². The first-order valence-electron chi connectivity index (χ1n) is 36.5. The van der Waals surface area contributed by atoms with Crippen LogP contribution in [0.3, 0.4) is 0 Å². The molecule has 0 radical (unpaired) electrons. The number of carboxylic acids is 1. The van der Waals surface area contributed by atoms with Gasteiger partial charge in [-0.15, -0.1) is 0 Å². The minimum absolute atomic E-state index is 0.127. The SMILES string of the molecule is CC/C=C\C/C=C\C/C=C\C/C=C\C/C=C\C/C=C\C/C=C\C/C=C\C/C=C\C/C=C\C/C=C\C/C=C\CCCCCCC(=O)OC(COC(=O)CCCCCCCCC/C=C\C/C=C\C/C=C\C/C=C\C/C=C\C/C=C\C/C=C\CC)COC(OCC[N+](C)(C)C)C(=O)[O-]. The zero-order valence-corrected chi connectivity index (χ0v) is 60.2. The highest BCUT2D eigenvalue weighted by Crippen LogP contribution is 2.14. The molecule has 0 aromatic carbocycles. The van der Waals surface area contributed by atoms with E-state index < -0.39 is 24.3 Å². The van der Waals surface area contributed by atoms with Gasteiger partial charge in [0.05, 0.1) is 40.3 Å². The van der Waals surface area contributed by atoms with E-state index in [9.17, 15) is 19.5 Å². The Morgan fingerprint density at radius 1 is 0.316 bits per heavy atom. The van der Waals surface area contributed by atoms with Crippen molar-refractivity contribution in [2.45, 2.75) is 245 Å². The van der Waals surface area contributed by atoms with E-state index in [0.717, 1.165) is 173 Å². The minimum Gasteiger partial charge on any atom is -0.545 e. The molecule has 2 unspecified atom stereocenters. The van der Waals surface area contributed by atoms with Gasteiger partial charge in [0.25, 0.3) is 0 Å². The van der Waals surface area contributed by atoms with Crippen molar-refractivity contribution in [3.05, 3.63) is 231 Å². The predicted molar refractivity (Wildman–Crippen MR) is 406 cm³/mol. The summed E-state index contributed by atoms with van der Waals surface area (Å²) < 4.78 is 22.7. The smallest absolute Gasteiger partial charge is 0.306 e. The van der Waals surface area contributed by atoms with Gasteiger partial charge in [0.2, 0.25) is 0 Å². The number of hydrogen-bond acceptors (Lipinski definition) is 8. The lowest BCUT2D eigenvalue weighted by molar-refractivity contribution is -0.870. The van der Waals surface area contributed by atoms with Gasteiger partial charge in [-0.05, 0) is 161 Å². The normalized spacial score (nSPS) is 14.1. The van der Waals surface area contributed by atoms with Crippen LogP contribution < -0.4 is 5.11 Å². The summed E-state index contributed by atoms with van der Waals surface area (Å²) in [5, 5.41) is 11.8. The van der Waals surface area contributed by atoms with E-state index in [4.69, 9.17) is 18.9 Å². The maximum absolute atomic E-state index is 12.9. The topological polar surface area (TPSA) is 111 Å². The van der Waals surface area contributed by atoms with E-state index in [1.54, 1.807) is 0 Å². The molecular weight excluding hydrogens is 1170 g/mol. The number of carbonyl (C=O) groups is 3. The average molecular weight is 1310 g/mol. The number of nitrogens with zero attached hydrogens (tertiary/aromatic N) is 1. The quantitative estimate of drug-likeness (QED) is 0.0195. The molecule has 0 amide bonds. The van der Waals surface area contributed by atoms with E-state index in [2.05, 4.69) is 245 Å². The first-order chi connectivity index (χ1) is 46.6. The minimum atomic E-state index is -1.65. The second-order valence-electron chi connectivity index (χ2n) is 24.4. The summed E-state index contributed by atoms with van der Waals surface area (Å²) in [6.45, 7) is 4.44. The predicted octanol–water partition coefficient (Wildman–Crippen LogP) is 22.1. The van der Waals surface area contributed by atoms with Gasteiger partial charge in [-0.25, -0.2) is 0 Å². The van der Waals surface area contributed by atoms with Gasteiger partial charge in [0, 0.05) is 12.8 Å². The van der Waals surface area contributed by atoms with Crippen molar-refractivity contribution < 1.29 is 42.9 Å². The van der Waals surface area contributed by atoms with Crippen LogP contribution >= 0.6 is 0 Å². The van der Waals surface area contributed by atoms with Crippen LogP contribution in [0.5, 0.6) is 0 Å². The summed E-state index contributed by atoms with van der Waals surface area (Å²) in [5.74, 6) is -2.36. The largest absolute Gasteiger partial charge is 0.545 e. The van der Waals surface area contributed by atoms with Gasteiger partial charge in [0.1, 0.15) is 13.2 Å². The van der Waals surface area contributed by atoms with Crippen molar-refractivity contribution in [1.29, 1.82) is 0 Å². The summed E-state index contributed by atoms with van der Waals surface area (Å²) in [5.41, 5.74) is 0. The maximum Gasteiger partial charge on any atom is 0.306 e. The zero-order chi connectivity index (χ0) is 69.0. The Morgan fingerprint density at radius 2 is 0.568 bits per heavy atom. The Labute approximate surface area is 580 Å². The van der Waals surface area contributed by atoms with Crippen molar-refractivity contribution in [2.75, 3.05) is 47.5 Å². The number of carboxylic acid groups (broad SMARTS) is 1. The van der Waals surface area contributed by atoms with Crippen LogP contribution in [0.1, 0.15) is 232 Å². The van der Waals surface area contributed by atoms with E-state index in [1.807, 2.05) is 21.1 Å². The Morgan fingerprint density at radius 3 is 0.842 bits per heavy atom. The third-order valence-electron chi connectivity index (χ3n) is 14.4. The Kier molecular flexibility index (Phi) is 68.0. The first-order valence-corrected chi connectivity index (χ1v) is 36.5. The fourth-order valence-corrected chi connectivity index (χ4v) is 8.91. The summed E-state index contributed by atoms with van der Waals surface area (Å²) in [4.78, 5) is 37.5. The number of carbonyl (C=O) groups excluding carboxylic acids is 3. The first kappa shape index (κ1) is 88.4. The molecule has 0 heterocycles. The molecule has 2 atom stereocenters. The lowest BCUT2D eigenvalue weighted by Gasteiger charge is -2.26. The van der Waals surface area contributed by atoms with Crippen molar-refractivity contribution in [3.8, 4) is 0 Å². The second kappa shape index (κ2) is 73.2. The van der Waals surface area contributed by atoms with Gasteiger partial charge < -0.3 is 33.3 Å². The van der Waals surface area contributed by atoms with Crippen LogP contribution in [0.25, 0.3) is 0 Å². The third-order valence-corrected chi connectivity index (χ3v) is 14.4. The summed E-state index contributed by atoms with van der Waals surface area (Å²) in [7, 11) is 5.90. The highest BCUT2D eigenvalue weighted by molar-refractivity contribution is 5.70. The molecule has 0 bridgehead atoms.